The van der Waals surface area contributed by atoms with Crippen molar-refractivity contribution < 1.29 is 5.11 Å². The Balaban J connectivity index is 2.59. The van der Waals surface area contributed by atoms with Crippen LogP contribution in [0.4, 0.5) is 5.82 Å². The van der Waals surface area contributed by atoms with E-state index in [1.807, 2.05) is 19.2 Å². The van der Waals surface area contributed by atoms with E-state index in [1.54, 1.807) is 16.8 Å². The van der Waals surface area contributed by atoms with Crippen LogP contribution in [-0.2, 0) is 13.5 Å². The van der Waals surface area contributed by atoms with Gasteiger partial charge >= 0.3 is 0 Å². The minimum atomic E-state index is 0.261. The average Bonchev–Trinajstić information content (AvgIpc) is 2.54. The summed E-state index contributed by atoms with van der Waals surface area (Å²) < 4.78 is 1.78. The summed E-state index contributed by atoms with van der Waals surface area (Å²) in [5.74, 6) is 0.838. The summed E-state index contributed by atoms with van der Waals surface area (Å²) in [4.78, 5) is 0. The molecule has 0 saturated carbocycles. The summed E-state index contributed by atoms with van der Waals surface area (Å²) >= 11 is 0. The highest BCUT2D eigenvalue weighted by molar-refractivity contribution is 5.69. The number of nitrogens with zero attached hydrogens (tertiary/aromatic N) is 2. The van der Waals surface area contributed by atoms with Crippen molar-refractivity contribution in [3.05, 3.63) is 29.8 Å². The smallest absolute Gasteiger partial charge is 0.149 e. The van der Waals surface area contributed by atoms with Gasteiger partial charge in [0.25, 0.3) is 0 Å². The van der Waals surface area contributed by atoms with Crippen LogP contribution in [0.15, 0.2) is 24.3 Å². The van der Waals surface area contributed by atoms with E-state index >= 15 is 0 Å². The highest BCUT2D eigenvalue weighted by Crippen LogP contribution is 2.28. The van der Waals surface area contributed by atoms with E-state index in [9.17, 15) is 5.11 Å². The summed E-state index contributed by atoms with van der Waals surface area (Å²) in [7, 11) is 1.87. The minimum absolute atomic E-state index is 0.261. The molecular formula is C12H15N3O. The van der Waals surface area contributed by atoms with Crippen molar-refractivity contribution in [2.75, 3.05) is 5.73 Å². The second-order valence-corrected chi connectivity index (χ2v) is 3.74. The number of hydrogen-bond acceptors (Lipinski definition) is 3. The monoisotopic (exact) mass is 217 g/mol. The lowest BCUT2D eigenvalue weighted by molar-refractivity contribution is 0.475. The largest absolute Gasteiger partial charge is 0.508 e. The zero-order valence-electron chi connectivity index (χ0n) is 9.44. The fourth-order valence-corrected chi connectivity index (χ4v) is 1.92. The molecule has 3 N–H and O–H groups in total. The second kappa shape index (κ2) is 3.89. The molecule has 4 heteroatoms. The van der Waals surface area contributed by atoms with E-state index in [0.717, 1.165) is 23.2 Å². The molecule has 0 fully saturated rings. The standard InChI is InChI=1S/C12H15N3O/c1-3-10-11(15(2)14-12(10)13)8-4-6-9(16)7-5-8/h4-7,16H,3H2,1-2H3,(H2,13,14). The van der Waals surface area contributed by atoms with Gasteiger partial charge in [0.05, 0.1) is 5.69 Å². The van der Waals surface area contributed by atoms with Gasteiger partial charge in [0, 0.05) is 18.2 Å². The zero-order chi connectivity index (χ0) is 11.7. The molecule has 0 aliphatic carbocycles. The van der Waals surface area contributed by atoms with Gasteiger partial charge in [-0.15, -0.1) is 0 Å². The number of aromatic nitrogens is 2. The molecule has 0 aliphatic rings. The Morgan fingerprint density at radius 1 is 1.31 bits per heavy atom. The Hall–Kier alpha value is -1.97. The van der Waals surface area contributed by atoms with Crippen molar-refractivity contribution in [3.63, 3.8) is 0 Å². The molecule has 1 aromatic carbocycles. The lowest BCUT2D eigenvalue weighted by Gasteiger charge is -2.05. The molecule has 0 unspecified atom stereocenters. The van der Waals surface area contributed by atoms with Gasteiger partial charge in [-0.2, -0.15) is 5.10 Å². The maximum Gasteiger partial charge on any atom is 0.149 e. The first-order valence-corrected chi connectivity index (χ1v) is 5.24. The van der Waals surface area contributed by atoms with Crippen molar-refractivity contribution >= 4 is 5.82 Å². The summed E-state index contributed by atoms with van der Waals surface area (Å²) in [6.45, 7) is 2.05. The first-order valence-electron chi connectivity index (χ1n) is 5.24. The zero-order valence-corrected chi connectivity index (χ0v) is 9.44. The Morgan fingerprint density at radius 3 is 2.50 bits per heavy atom. The van der Waals surface area contributed by atoms with Crippen LogP contribution in [-0.4, -0.2) is 14.9 Å². The lowest BCUT2D eigenvalue weighted by Crippen LogP contribution is -1.95. The number of phenolic OH excluding ortho intramolecular Hbond substituents is 1. The maximum absolute atomic E-state index is 9.26. The van der Waals surface area contributed by atoms with Gasteiger partial charge < -0.3 is 10.8 Å². The highest BCUT2D eigenvalue weighted by atomic mass is 16.3. The number of benzene rings is 1. The number of hydrogen-bond donors (Lipinski definition) is 2. The van der Waals surface area contributed by atoms with E-state index in [-0.39, 0.29) is 5.75 Å². The van der Waals surface area contributed by atoms with Crippen LogP contribution in [0.25, 0.3) is 11.3 Å². The van der Waals surface area contributed by atoms with Gasteiger partial charge in [-0.05, 0) is 30.7 Å². The number of anilines is 1. The third-order valence-electron chi connectivity index (χ3n) is 2.67. The Bertz CT molecular complexity index is 500. The topological polar surface area (TPSA) is 64.1 Å². The van der Waals surface area contributed by atoms with E-state index in [0.29, 0.717) is 5.82 Å². The summed E-state index contributed by atoms with van der Waals surface area (Å²) in [6, 6.07) is 7.06. The van der Waals surface area contributed by atoms with E-state index < -0.39 is 0 Å². The Morgan fingerprint density at radius 2 is 1.94 bits per heavy atom. The van der Waals surface area contributed by atoms with Crippen molar-refractivity contribution in [1.29, 1.82) is 0 Å². The molecule has 0 bridgehead atoms. The lowest BCUT2D eigenvalue weighted by atomic mass is 10.1. The average molecular weight is 217 g/mol. The molecule has 0 spiro atoms. The van der Waals surface area contributed by atoms with Crippen molar-refractivity contribution in [3.8, 4) is 17.0 Å². The van der Waals surface area contributed by atoms with Crippen molar-refractivity contribution in [1.82, 2.24) is 9.78 Å². The maximum atomic E-state index is 9.26. The highest BCUT2D eigenvalue weighted by Gasteiger charge is 2.13. The Labute approximate surface area is 94.3 Å². The molecule has 2 aromatic rings. The molecule has 4 nitrogen and oxygen atoms in total. The predicted molar refractivity (Wildman–Crippen MR) is 64.1 cm³/mol. The van der Waals surface area contributed by atoms with Gasteiger partial charge in [-0.3, -0.25) is 4.68 Å². The number of nitrogens with two attached hydrogens (primary N) is 1. The normalized spacial score (nSPS) is 10.6. The molecule has 1 heterocycles. The van der Waals surface area contributed by atoms with Crippen LogP contribution < -0.4 is 5.73 Å². The third kappa shape index (κ3) is 1.62. The van der Waals surface area contributed by atoms with Gasteiger partial charge in [-0.25, -0.2) is 0 Å². The predicted octanol–water partition coefficient (Wildman–Crippen LogP) is 1.94. The number of phenols is 1. The second-order valence-electron chi connectivity index (χ2n) is 3.74. The molecule has 84 valence electrons. The van der Waals surface area contributed by atoms with Gasteiger partial charge in [0.1, 0.15) is 11.6 Å². The summed E-state index contributed by atoms with van der Waals surface area (Å²) in [6.07, 6.45) is 0.843. The van der Waals surface area contributed by atoms with Crippen molar-refractivity contribution in [2.24, 2.45) is 7.05 Å². The molecular weight excluding hydrogens is 202 g/mol. The number of nitrogen functional groups attached to an aromatic ring is 1. The molecule has 0 amide bonds. The molecule has 0 atom stereocenters. The number of aryl methyl sites for hydroxylation is 1. The number of rotatable bonds is 2. The van der Waals surface area contributed by atoms with Crippen LogP contribution in [0.2, 0.25) is 0 Å². The third-order valence-corrected chi connectivity index (χ3v) is 2.67. The van der Waals surface area contributed by atoms with Crippen LogP contribution in [0, 0.1) is 0 Å². The summed E-state index contributed by atoms with van der Waals surface area (Å²) in [5.41, 5.74) is 8.92. The minimum Gasteiger partial charge on any atom is -0.508 e. The van der Waals surface area contributed by atoms with E-state index in [2.05, 4.69) is 12.0 Å². The van der Waals surface area contributed by atoms with Gasteiger partial charge in [0.2, 0.25) is 0 Å². The molecule has 16 heavy (non-hydrogen) atoms. The first kappa shape index (κ1) is 10.5. The Kier molecular flexibility index (Phi) is 2.56. The number of aromatic hydroxyl groups is 1. The molecule has 2 rings (SSSR count). The van der Waals surface area contributed by atoms with E-state index in [1.165, 1.54) is 0 Å². The first-order chi connectivity index (χ1) is 7.63. The summed E-state index contributed by atoms with van der Waals surface area (Å²) in [5, 5.41) is 13.5. The van der Waals surface area contributed by atoms with Gasteiger partial charge in [0.15, 0.2) is 0 Å². The molecule has 1 aromatic heterocycles. The molecule has 0 saturated heterocycles. The molecule has 0 radical (unpaired) electrons. The SMILES string of the molecule is CCc1c(N)nn(C)c1-c1ccc(O)cc1. The fraction of sp³-hybridized carbons (Fsp3) is 0.250. The molecule has 0 aliphatic heterocycles. The van der Waals surface area contributed by atoms with Crippen molar-refractivity contribution in [2.45, 2.75) is 13.3 Å². The quantitative estimate of drug-likeness (QED) is 0.808. The van der Waals surface area contributed by atoms with Crippen LogP contribution in [0.3, 0.4) is 0 Å². The fourth-order valence-electron chi connectivity index (χ4n) is 1.92. The van der Waals surface area contributed by atoms with E-state index in [4.69, 9.17) is 5.73 Å². The van der Waals surface area contributed by atoms with Crippen LogP contribution in [0.1, 0.15) is 12.5 Å². The van der Waals surface area contributed by atoms with Crippen LogP contribution in [0.5, 0.6) is 5.75 Å². The van der Waals surface area contributed by atoms with Crippen LogP contribution >= 0.6 is 0 Å². The van der Waals surface area contributed by atoms with Gasteiger partial charge in [-0.1, -0.05) is 6.92 Å².